The number of amides is 1. The van der Waals surface area contributed by atoms with E-state index in [0.717, 1.165) is 12.8 Å². The monoisotopic (exact) mass is 270 g/mol. The highest BCUT2D eigenvalue weighted by Crippen LogP contribution is 2.29. The van der Waals surface area contributed by atoms with E-state index in [4.69, 9.17) is 0 Å². The third kappa shape index (κ3) is 2.85. The van der Waals surface area contributed by atoms with Crippen LogP contribution in [0.3, 0.4) is 0 Å². The Kier molecular flexibility index (Phi) is 4.96. The summed E-state index contributed by atoms with van der Waals surface area (Å²) in [5.41, 5.74) is 0. The van der Waals surface area contributed by atoms with Crippen molar-refractivity contribution in [3.63, 3.8) is 0 Å². The molecule has 2 saturated heterocycles. The molecule has 18 heavy (non-hydrogen) atoms. The number of nitrogens with one attached hydrogen (secondary N) is 1. The SMILES string of the molecule is CCCC1NC(C(C)C)N(C2CCSCC2)C1=O. The first-order valence-electron chi connectivity index (χ1n) is 7.31. The second-order valence-electron chi connectivity index (χ2n) is 5.79. The van der Waals surface area contributed by atoms with Crippen LogP contribution < -0.4 is 5.32 Å². The Labute approximate surface area is 115 Å². The first-order valence-corrected chi connectivity index (χ1v) is 8.46. The number of hydrogen-bond acceptors (Lipinski definition) is 3. The minimum atomic E-state index is 0.0666. The summed E-state index contributed by atoms with van der Waals surface area (Å²) in [6.45, 7) is 6.58. The van der Waals surface area contributed by atoms with Crippen molar-refractivity contribution in [1.82, 2.24) is 10.2 Å². The van der Waals surface area contributed by atoms with Crippen molar-refractivity contribution in [3.8, 4) is 0 Å². The molecule has 0 aromatic carbocycles. The van der Waals surface area contributed by atoms with E-state index in [1.165, 1.54) is 24.3 Å². The Hall–Kier alpha value is -0.220. The van der Waals surface area contributed by atoms with Crippen LogP contribution in [0.4, 0.5) is 0 Å². The maximum Gasteiger partial charge on any atom is 0.241 e. The minimum absolute atomic E-state index is 0.0666. The largest absolute Gasteiger partial charge is 0.322 e. The second-order valence-corrected chi connectivity index (χ2v) is 7.01. The number of rotatable bonds is 4. The van der Waals surface area contributed by atoms with Crippen molar-refractivity contribution >= 4 is 17.7 Å². The molecule has 0 aromatic heterocycles. The lowest BCUT2D eigenvalue weighted by atomic mass is 10.1. The lowest BCUT2D eigenvalue weighted by molar-refractivity contribution is -0.133. The number of hydrogen-bond donors (Lipinski definition) is 1. The Morgan fingerprint density at radius 3 is 2.61 bits per heavy atom. The molecule has 0 aliphatic carbocycles. The summed E-state index contributed by atoms with van der Waals surface area (Å²) in [6.07, 6.45) is 4.63. The van der Waals surface area contributed by atoms with Crippen LogP contribution in [-0.4, -0.2) is 40.6 Å². The summed E-state index contributed by atoms with van der Waals surface area (Å²) in [7, 11) is 0. The lowest BCUT2D eigenvalue weighted by Crippen LogP contribution is -2.48. The predicted octanol–water partition coefficient (Wildman–Crippen LogP) is 2.46. The molecule has 0 aromatic rings. The highest BCUT2D eigenvalue weighted by molar-refractivity contribution is 7.99. The van der Waals surface area contributed by atoms with Crippen LogP contribution in [0.5, 0.6) is 0 Å². The summed E-state index contributed by atoms with van der Waals surface area (Å²) in [5.74, 6) is 3.26. The summed E-state index contributed by atoms with van der Waals surface area (Å²) < 4.78 is 0. The molecule has 0 radical (unpaired) electrons. The van der Waals surface area contributed by atoms with Gasteiger partial charge < -0.3 is 4.90 Å². The van der Waals surface area contributed by atoms with Gasteiger partial charge in [-0.05, 0) is 36.7 Å². The van der Waals surface area contributed by atoms with Crippen LogP contribution >= 0.6 is 11.8 Å². The van der Waals surface area contributed by atoms with Gasteiger partial charge in [-0.1, -0.05) is 27.2 Å². The summed E-state index contributed by atoms with van der Waals surface area (Å²) in [4.78, 5) is 14.8. The zero-order valence-electron chi connectivity index (χ0n) is 11.8. The van der Waals surface area contributed by atoms with Gasteiger partial charge in [-0.2, -0.15) is 11.8 Å². The quantitative estimate of drug-likeness (QED) is 0.852. The molecule has 1 amide bonds. The fraction of sp³-hybridized carbons (Fsp3) is 0.929. The number of thioether (sulfide) groups is 1. The van der Waals surface area contributed by atoms with Gasteiger partial charge in [0, 0.05) is 6.04 Å². The molecule has 104 valence electrons. The van der Waals surface area contributed by atoms with Crippen molar-refractivity contribution < 1.29 is 4.79 Å². The van der Waals surface area contributed by atoms with Crippen molar-refractivity contribution in [1.29, 1.82) is 0 Å². The molecule has 2 fully saturated rings. The standard InChI is InChI=1S/C14H26N2OS/c1-4-5-12-14(17)16(13(15-12)10(2)3)11-6-8-18-9-7-11/h10-13,15H,4-9H2,1-3H3. The zero-order valence-corrected chi connectivity index (χ0v) is 12.6. The fourth-order valence-corrected chi connectivity index (χ4v) is 4.14. The Morgan fingerprint density at radius 1 is 1.39 bits per heavy atom. The van der Waals surface area contributed by atoms with Gasteiger partial charge >= 0.3 is 0 Å². The van der Waals surface area contributed by atoms with Crippen LogP contribution in [0.15, 0.2) is 0 Å². The van der Waals surface area contributed by atoms with Crippen LogP contribution in [0.25, 0.3) is 0 Å². The lowest BCUT2D eigenvalue weighted by Gasteiger charge is -2.36. The van der Waals surface area contributed by atoms with E-state index >= 15 is 0 Å². The van der Waals surface area contributed by atoms with Gasteiger partial charge in [0.25, 0.3) is 0 Å². The van der Waals surface area contributed by atoms with Crippen LogP contribution in [0.2, 0.25) is 0 Å². The number of nitrogens with zero attached hydrogens (tertiary/aromatic N) is 1. The third-order valence-electron chi connectivity index (χ3n) is 4.02. The van der Waals surface area contributed by atoms with E-state index in [2.05, 4.69) is 31.0 Å². The molecule has 2 rings (SSSR count). The molecule has 0 spiro atoms. The fourth-order valence-electron chi connectivity index (χ4n) is 3.05. The summed E-state index contributed by atoms with van der Waals surface area (Å²) >= 11 is 2.02. The third-order valence-corrected chi connectivity index (χ3v) is 5.07. The van der Waals surface area contributed by atoms with E-state index < -0.39 is 0 Å². The Bertz CT molecular complexity index is 290. The molecule has 0 saturated carbocycles. The molecule has 2 aliphatic heterocycles. The highest BCUT2D eigenvalue weighted by atomic mass is 32.2. The first-order chi connectivity index (χ1) is 8.65. The minimum Gasteiger partial charge on any atom is -0.322 e. The molecule has 0 bridgehead atoms. The van der Waals surface area contributed by atoms with Gasteiger partial charge in [0.15, 0.2) is 0 Å². The van der Waals surface area contributed by atoms with Crippen molar-refractivity contribution in [2.24, 2.45) is 5.92 Å². The predicted molar refractivity (Wildman–Crippen MR) is 77.7 cm³/mol. The van der Waals surface area contributed by atoms with E-state index in [0.29, 0.717) is 17.9 Å². The van der Waals surface area contributed by atoms with Gasteiger partial charge in [-0.25, -0.2) is 0 Å². The number of carbonyl (C=O) groups is 1. The second kappa shape index (κ2) is 6.29. The maximum atomic E-state index is 12.6. The molecule has 2 aliphatic rings. The van der Waals surface area contributed by atoms with E-state index in [-0.39, 0.29) is 12.2 Å². The van der Waals surface area contributed by atoms with Crippen LogP contribution in [-0.2, 0) is 4.79 Å². The van der Waals surface area contributed by atoms with E-state index in [9.17, 15) is 4.79 Å². The average molecular weight is 270 g/mol. The maximum absolute atomic E-state index is 12.6. The highest BCUT2D eigenvalue weighted by Gasteiger charge is 2.43. The Balaban J connectivity index is 2.10. The Morgan fingerprint density at radius 2 is 2.06 bits per heavy atom. The normalized spacial score (nSPS) is 30.4. The van der Waals surface area contributed by atoms with E-state index in [1.54, 1.807) is 0 Å². The summed E-state index contributed by atoms with van der Waals surface area (Å²) in [5, 5.41) is 3.56. The zero-order chi connectivity index (χ0) is 13.1. The van der Waals surface area contributed by atoms with Gasteiger partial charge in [-0.3, -0.25) is 10.1 Å². The van der Waals surface area contributed by atoms with Crippen molar-refractivity contribution in [2.75, 3.05) is 11.5 Å². The molecule has 2 heterocycles. The molecular formula is C14H26N2OS. The van der Waals surface area contributed by atoms with Gasteiger partial charge in [-0.15, -0.1) is 0 Å². The first kappa shape index (κ1) is 14.2. The van der Waals surface area contributed by atoms with Gasteiger partial charge in [0.2, 0.25) is 5.91 Å². The van der Waals surface area contributed by atoms with Crippen molar-refractivity contribution in [3.05, 3.63) is 0 Å². The van der Waals surface area contributed by atoms with Crippen molar-refractivity contribution in [2.45, 2.75) is 64.7 Å². The smallest absolute Gasteiger partial charge is 0.241 e. The molecule has 4 heteroatoms. The topological polar surface area (TPSA) is 32.3 Å². The molecular weight excluding hydrogens is 244 g/mol. The number of carbonyl (C=O) groups excluding carboxylic acids is 1. The molecule has 1 N–H and O–H groups in total. The average Bonchev–Trinajstić information content (AvgIpc) is 2.69. The molecule has 2 unspecified atom stereocenters. The van der Waals surface area contributed by atoms with Gasteiger partial charge in [0.1, 0.15) is 0 Å². The van der Waals surface area contributed by atoms with E-state index in [1.807, 2.05) is 11.8 Å². The van der Waals surface area contributed by atoms with Crippen LogP contribution in [0.1, 0.15) is 46.5 Å². The summed E-state index contributed by atoms with van der Waals surface area (Å²) in [6, 6.07) is 0.539. The molecule has 2 atom stereocenters. The van der Waals surface area contributed by atoms with Gasteiger partial charge in [0.05, 0.1) is 12.2 Å². The van der Waals surface area contributed by atoms with Crippen LogP contribution in [0, 0.1) is 5.92 Å². The molecule has 3 nitrogen and oxygen atoms in total.